The Morgan fingerprint density at radius 1 is 1.28 bits per heavy atom. The standard InChI is InChI=1S/C15H23N3/c1-11-7-6-10-13(15(16)17)14(11)18(2)12-8-4-3-5-9-12/h6-7,10,12H,3-5,8-9H2,1-2H3,(H3,16,17). The van der Waals surface area contributed by atoms with Gasteiger partial charge in [-0.1, -0.05) is 31.4 Å². The zero-order valence-corrected chi connectivity index (χ0v) is 11.4. The van der Waals surface area contributed by atoms with Crippen molar-refractivity contribution in [2.24, 2.45) is 5.73 Å². The van der Waals surface area contributed by atoms with Crippen LogP contribution in [-0.4, -0.2) is 18.9 Å². The Hall–Kier alpha value is -1.51. The van der Waals surface area contributed by atoms with Crippen LogP contribution in [0, 0.1) is 12.3 Å². The molecule has 0 heterocycles. The average Bonchev–Trinajstić information content (AvgIpc) is 2.38. The molecular weight excluding hydrogens is 222 g/mol. The predicted octanol–water partition coefficient (Wildman–Crippen LogP) is 3.05. The first kappa shape index (κ1) is 12.9. The van der Waals surface area contributed by atoms with Crippen LogP contribution in [-0.2, 0) is 0 Å². The monoisotopic (exact) mass is 245 g/mol. The molecule has 0 atom stereocenters. The Labute approximate surface area is 109 Å². The Balaban J connectivity index is 2.33. The van der Waals surface area contributed by atoms with Gasteiger partial charge in [0.1, 0.15) is 5.84 Å². The van der Waals surface area contributed by atoms with Gasteiger partial charge < -0.3 is 10.6 Å². The third kappa shape index (κ3) is 2.50. The van der Waals surface area contributed by atoms with Crippen molar-refractivity contribution in [1.82, 2.24) is 0 Å². The zero-order valence-electron chi connectivity index (χ0n) is 11.4. The zero-order chi connectivity index (χ0) is 13.1. The Kier molecular flexibility index (Phi) is 3.90. The van der Waals surface area contributed by atoms with Crippen molar-refractivity contribution >= 4 is 11.5 Å². The van der Waals surface area contributed by atoms with Crippen LogP contribution < -0.4 is 10.6 Å². The van der Waals surface area contributed by atoms with Gasteiger partial charge in [0.25, 0.3) is 0 Å². The molecule has 0 saturated heterocycles. The third-order valence-corrected chi connectivity index (χ3v) is 4.00. The van der Waals surface area contributed by atoms with Gasteiger partial charge in [-0.05, 0) is 31.4 Å². The molecule has 3 N–H and O–H groups in total. The molecule has 1 aromatic rings. The lowest BCUT2D eigenvalue weighted by Crippen LogP contribution is -2.35. The SMILES string of the molecule is Cc1cccc(C(=N)N)c1N(C)C1CCCCC1. The fraction of sp³-hybridized carbons (Fsp3) is 0.533. The largest absolute Gasteiger partial charge is 0.384 e. The van der Waals surface area contributed by atoms with Crippen molar-refractivity contribution in [2.45, 2.75) is 45.1 Å². The van der Waals surface area contributed by atoms with E-state index in [1.165, 1.54) is 37.7 Å². The maximum Gasteiger partial charge on any atom is 0.124 e. The van der Waals surface area contributed by atoms with Gasteiger partial charge in [-0.25, -0.2) is 0 Å². The second-order valence-corrected chi connectivity index (χ2v) is 5.29. The van der Waals surface area contributed by atoms with Crippen molar-refractivity contribution in [1.29, 1.82) is 5.41 Å². The highest BCUT2D eigenvalue weighted by atomic mass is 15.1. The van der Waals surface area contributed by atoms with Crippen LogP contribution >= 0.6 is 0 Å². The van der Waals surface area contributed by atoms with Crippen molar-refractivity contribution in [3.63, 3.8) is 0 Å². The first-order valence-electron chi connectivity index (χ1n) is 6.78. The van der Waals surface area contributed by atoms with Gasteiger partial charge in [0.05, 0.1) is 5.69 Å². The molecule has 1 saturated carbocycles. The number of nitrogen functional groups attached to an aromatic ring is 1. The normalized spacial score (nSPS) is 16.6. The fourth-order valence-corrected chi connectivity index (χ4v) is 3.00. The van der Waals surface area contributed by atoms with Gasteiger partial charge in [-0.2, -0.15) is 0 Å². The molecule has 3 heteroatoms. The minimum atomic E-state index is 0.163. The van der Waals surface area contributed by atoms with Gasteiger partial charge >= 0.3 is 0 Å². The molecular formula is C15H23N3. The second kappa shape index (κ2) is 5.42. The Morgan fingerprint density at radius 3 is 2.56 bits per heavy atom. The van der Waals surface area contributed by atoms with Crippen molar-refractivity contribution < 1.29 is 0 Å². The Bertz CT molecular complexity index is 433. The number of para-hydroxylation sites is 1. The molecule has 2 rings (SSSR count). The van der Waals surface area contributed by atoms with Crippen LogP contribution in [0.15, 0.2) is 18.2 Å². The first-order valence-corrected chi connectivity index (χ1v) is 6.78. The summed E-state index contributed by atoms with van der Waals surface area (Å²) in [4.78, 5) is 2.34. The van der Waals surface area contributed by atoms with Crippen LogP contribution in [0.25, 0.3) is 0 Å². The number of aryl methyl sites for hydroxylation is 1. The summed E-state index contributed by atoms with van der Waals surface area (Å²) in [7, 11) is 2.14. The summed E-state index contributed by atoms with van der Waals surface area (Å²) in [5, 5.41) is 7.73. The molecule has 0 radical (unpaired) electrons. The topological polar surface area (TPSA) is 53.1 Å². The van der Waals surface area contributed by atoms with E-state index >= 15 is 0 Å². The maximum absolute atomic E-state index is 7.73. The summed E-state index contributed by atoms with van der Waals surface area (Å²) in [6, 6.07) is 6.62. The summed E-state index contributed by atoms with van der Waals surface area (Å²) < 4.78 is 0. The number of benzene rings is 1. The number of nitrogens with one attached hydrogen (secondary N) is 1. The maximum atomic E-state index is 7.73. The van der Waals surface area contributed by atoms with E-state index in [1.807, 2.05) is 12.1 Å². The minimum Gasteiger partial charge on any atom is -0.384 e. The minimum absolute atomic E-state index is 0.163. The van der Waals surface area contributed by atoms with Gasteiger partial charge in [-0.15, -0.1) is 0 Å². The number of hydrogen-bond donors (Lipinski definition) is 2. The molecule has 1 aromatic carbocycles. The molecule has 1 fully saturated rings. The lowest BCUT2D eigenvalue weighted by atomic mass is 9.93. The first-order chi connectivity index (χ1) is 8.61. The second-order valence-electron chi connectivity index (χ2n) is 5.29. The molecule has 0 amide bonds. The highest BCUT2D eigenvalue weighted by Crippen LogP contribution is 2.30. The van der Waals surface area contributed by atoms with E-state index in [-0.39, 0.29) is 5.84 Å². The van der Waals surface area contributed by atoms with Crippen molar-refractivity contribution in [3.05, 3.63) is 29.3 Å². The molecule has 98 valence electrons. The van der Waals surface area contributed by atoms with Crippen LogP contribution in [0.2, 0.25) is 0 Å². The van der Waals surface area contributed by atoms with Crippen LogP contribution in [0.3, 0.4) is 0 Å². The van der Waals surface area contributed by atoms with Gasteiger partial charge in [-0.3, -0.25) is 5.41 Å². The predicted molar refractivity (Wildman–Crippen MR) is 77.5 cm³/mol. The number of rotatable bonds is 3. The van der Waals surface area contributed by atoms with Crippen LogP contribution in [0.4, 0.5) is 5.69 Å². The number of anilines is 1. The van der Waals surface area contributed by atoms with E-state index in [0.29, 0.717) is 6.04 Å². The molecule has 1 aliphatic carbocycles. The molecule has 3 nitrogen and oxygen atoms in total. The quantitative estimate of drug-likeness (QED) is 0.635. The van der Waals surface area contributed by atoms with E-state index in [4.69, 9.17) is 11.1 Å². The van der Waals surface area contributed by atoms with E-state index in [2.05, 4.69) is 24.9 Å². The summed E-state index contributed by atoms with van der Waals surface area (Å²) in [6.07, 6.45) is 6.49. The van der Waals surface area contributed by atoms with Crippen molar-refractivity contribution in [3.8, 4) is 0 Å². The smallest absolute Gasteiger partial charge is 0.124 e. The highest BCUT2D eigenvalue weighted by Gasteiger charge is 2.21. The average molecular weight is 245 g/mol. The van der Waals surface area contributed by atoms with E-state index in [0.717, 1.165) is 11.3 Å². The number of hydrogen-bond acceptors (Lipinski definition) is 2. The molecule has 0 aliphatic heterocycles. The van der Waals surface area contributed by atoms with E-state index in [9.17, 15) is 0 Å². The summed E-state index contributed by atoms with van der Waals surface area (Å²) in [6.45, 7) is 2.10. The molecule has 1 aliphatic rings. The lowest BCUT2D eigenvalue weighted by molar-refractivity contribution is 0.427. The van der Waals surface area contributed by atoms with E-state index < -0.39 is 0 Å². The molecule has 0 bridgehead atoms. The molecule has 0 unspecified atom stereocenters. The molecule has 0 aromatic heterocycles. The lowest BCUT2D eigenvalue weighted by Gasteiger charge is -2.35. The van der Waals surface area contributed by atoms with Crippen LogP contribution in [0.1, 0.15) is 43.2 Å². The van der Waals surface area contributed by atoms with Crippen molar-refractivity contribution in [2.75, 3.05) is 11.9 Å². The highest BCUT2D eigenvalue weighted by molar-refractivity contribution is 6.01. The fourth-order valence-electron chi connectivity index (χ4n) is 3.00. The third-order valence-electron chi connectivity index (χ3n) is 4.00. The Morgan fingerprint density at radius 2 is 1.94 bits per heavy atom. The number of amidine groups is 1. The van der Waals surface area contributed by atoms with Gasteiger partial charge in [0.15, 0.2) is 0 Å². The number of nitrogens with zero attached hydrogens (tertiary/aromatic N) is 1. The number of nitrogens with two attached hydrogens (primary N) is 1. The van der Waals surface area contributed by atoms with Gasteiger partial charge in [0, 0.05) is 18.7 Å². The van der Waals surface area contributed by atoms with Gasteiger partial charge in [0.2, 0.25) is 0 Å². The van der Waals surface area contributed by atoms with Crippen LogP contribution in [0.5, 0.6) is 0 Å². The summed E-state index contributed by atoms with van der Waals surface area (Å²) >= 11 is 0. The molecule has 18 heavy (non-hydrogen) atoms. The van der Waals surface area contributed by atoms with E-state index in [1.54, 1.807) is 0 Å². The summed E-state index contributed by atoms with van der Waals surface area (Å²) in [5.74, 6) is 0.163. The molecule has 0 spiro atoms. The summed E-state index contributed by atoms with van der Waals surface area (Å²) in [5.41, 5.74) is 8.91.